The minimum Gasteiger partial charge on any atom is -0.443 e. The second-order valence-electron chi connectivity index (χ2n) is 7.21. The van der Waals surface area contributed by atoms with Gasteiger partial charge < -0.3 is 9.30 Å². The van der Waals surface area contributed by atoms with Crippen molar-refractivity contribution in [3.05, 3.63) is 82.9 Å². The predicted molar refractivity (Wildman–Crippen MR) is 128 cm³/mol. The molecule has 0 radical (unpaired) electrons. The van der Waals surface area contributed by atoms with Crippen LogP contribution < -0.4 is 4.90 Å². The van der Waals surface area contributed by atoms with Gasteiger partial charge >= 0.3 is 6.09 Å². The highest BCUT2D eigenvalue weighted by Gasteiger charge is 2.18. The average Bonchev–Trinajstić information content (AvgIpc) is 3.22. The lowest BCUT2D eigenvalue weighted by Crippen LogP contribution is -2.32. The Balaban J connectivity index is 0.00000363. The molecule has 3 aromatic rings. The molecule has 0 spiro atoms. The van der Waals surface area contributed by atoms with Gasteiger partial charge in [-0.05, 0) is 42.3 Å². The number of imidazole rings is 1. The van der Waals surface area contributed by atoms with E-state index in [-0.39, 0.29) is 19.0 Å². The molecule has 32 heavy (non-hydrogen) atoms. The first-order valence-electron chi connectivity index (χ1n) is 10.3. The summed E-state index contributed by atoms with van der Waals surface area (Å²) in [5.74, 6) is 0. The summed E-state index contributed by atoms with van der Waals surface area (Å²) in [7, 11) is 0. The summed E-state index contributed by atoms with van der Waals surface area (Å²) >= 11 is 6.12. The van der Waals surface area contributed by atoms with Crippen molar-refractivity contribution in [2.75, 3.05) is 11.4 Å². The van der Waals surface area contributed by atoms with Gasteiger partial charge in [0.25, 0.3) is 0 Å². The topological polar surface area (TPSA) is 71.2 Å². The second-order valence-corrected chi connectivity index (χ2v) is 7.65. The summed E-state index contributed by atoms with van der Waals surface area (Å²) in [5.41, 5.74) is 3.16. The van der Waals surface area contributed by atoms with E-state index >= 15 is 0 Å². The Labute approximate surface area is 199 Å². The van der Waals surface area contributed by atoms with Crippen LogP contribution in [0.4, 0.5) is 10.5 Å². The highest BCUT2D eigenvalue weighted by Crippen LogP contribution is 2.21. The number of carbonyl (C=O) groups is 1. The van der Waals surface area contributed by atoms with Gasteiger partial charge in [-0.15, -0.1) is 12.4 Å². The number of hydrogen-bond acceptors (Lipinski definition) is 4. The van der Waals surface area contributed by atoms with E-state index in [0.717, 1.165) is 36.2 Å². The predicted octanol–water partition coefficient (Wildman–Crippen LogP) is 6.21. The number of carbonyl (C=O) groups excluding carboxylic acids is 1. The smallest absolute Gasteiger partial charge is 0.414 e. The zero-order valence-corrected chi connectivity index (χ0v) is 19.5. The lowest BCUT2D eigenvalue weighted by molar-refractivity contribution is 0.144. The lowest BCUT2D eigenvalue weighted by Gasteiger charge is -2.22. The molecule has 168 valence electrons. The van der Waals surface area contributed by atoms with Gasteiger partial charge in [0.05, 0.1) is 29.9 Å². The van der Waals surface area contributed by atoms with E-state index in [4.69, 9.17) is 21.6 Å². The average molecular weight is 473 g/mol. The SMILES string of the molecule is CCCCCN(C(=O)OCc1cncn1Cc1ccc(C#N)cc1)c1cccc(Cl)c1.Cl. The molecular weight excluding hydrogens is 447 g/mol. The maximum absolute atomic E-state index is 12.9. The molecule has 3 rings (SSSR count). The van der Waals surface area contributed by atoms with Gasteiger partial charge in [0, 0.05) is 23.8 Å². The van der Waals surface area contributed by atoms with Crippen LogP contribution in [-0.4, -0.2) is 22.2 Å². The monoisotopic (exact) mass is 472 g/mol. The number of hydrogen-bond donors (Lipinski definition) is 0. The molecular formula is C24H26Cl2N4O2. The van der Waals surface area contributed by atoms with Crippen molar-refractivity contribution in [3.8, 4) is 6.07 Å². The van der Waals surface area contributed by atoms with Gasteiger partial charge in [-0.3, -0.25) is 4.90 Å². The van der Waals surface area contributed by atoms with Crippen molar-refractivity contribution < 1.29 is 9.53 Å². The number of nitriles is 1. The van der Waals surface area contributed by atoms with E-state index < -0.39 is 6.09 Å². The normalized spacial score (nSPS) is 10.2. The molecule has 2 aromatic carbocycles. The van der Waals surface area contributed by atoms with Crippen molar-refractivity contribution in [2.45, 2.75) is 39.3 Å². The van der Waals surface area contributed by atoms with Crippen molar-refractivity contribution in [1.82, 2.24) is 9.55 Å². The maximum atomic E-state index is 12.9. The summed E-state index contributed by atoms with van der Waals surface area (Å²) in [6.07, 6.45) is 5.96. The molecule has 0 N–H and O–H groups in total. The number of halogens is 2. The van der Waals surface area contributed by atoms with Crippen LogP contribution in [0.5, 0.6) is 0 Å². The van der Waals surface area contributed by atoms with Crippen molar-refractivity contribution in [2.24, 2.45) is 0 Å². The minimum absolute atomic E-state index is 0. The molecule has 0 aliphatic rings. The number of anilines is 1. The van der Waals surface area contributed by atoms with Crippen LogP contribution >= 0.6 is 24.0 Å². The zero-order valence-electron chi connectivity index (χ0n) is 17.9. The molecule has 8 heteroatoms. The fraction of sp³-hybridized carbons (Fsp3) is 0.292. The number of nitrogens with zero attached hydrogens (tertiary/aromatic N) is 4. The summed E-state index contributed by atoms with van der Waals surface area (Å²) in [6.45, 7) is 3.38. The van der Waals surface area contributed by atoms with E-state index in [2.05, 4.69) is 18.0 Å². The first-order valence-corrected chi connectivity index (χ1v) is 10.7. The van der Waals surface area contributed by atoms with Gasteiger partial charge in [-0.1, -0.05) is 49.6 Å². The number of ether oxygens (including phenoxy) is 1. The molecule has 0 unspecified atom stereocenters. The molecule has 1 amide bonds. The third-order valence-electron chi connectivity index (χ3n) is 4.90. The number of rotatable bonds is 9. The van der Waals surface area contributed by atoms with Gasteiger partial charge in [0.15, 0.2) is 0 Å². The molecule has 0 saturated heterocycles. The summed E-state index contributed by atoms with van der Waals surface area (Å²) in [5, 5.41) is 9.51. The summed E-state index contributed by atoms with van der Waals surface area (Å²) in [6, 6.07) is 16.7. The van der Waals surface area contributed by atoms with Crippen LogP contribution in [-0.2, 0) is 17.9 Å². The van der Waals surface area contributed by atoms with Gasteiger partial charge in [-0.25, -0.2) is 9.78 Å². The van der Waals surface area contributed by atoms with Crippen LogP contribution in [0.3, 0.4) is 0 Å². The molecule has 6 nitrogen and oxygen atoms in total. The number of amides is 1. The largest absolute Gasteiger partial charge is 0.443 e. The summed E-state index contributed by atoms with van der Waals surface area (Å²) in [4.78, 5) is 18.7. The van der Waals surface area contributed by atoms with Crippen molar-refractivity contribution in [3.63, 3.8) is 0 Å². The van der Waals surface area contributed by atoms with E-state index in [1.54, 1.807) is 41.7 Å². The van der Waals surface area contributed by atoms with E-state index in [1.165, 1.54) is 0 Å². The molecule has 1 aromatic heterocycles. The Morgan fingerprint density at radius 3 is 2.69 bits per heavy atom. The first-order chi connectivity index (χ1) is 15.1. The van der Waals surface area contributed by atoms with Crippen LogP contribution in [0, 0.1) is 11.3 Å². The van der Waals surface area contributed by atoms with Crippen LogP contribution in [0.2, 0.25) is 5.02 Å². The molecule has 0 atom stereocenters. The van der Waals surface area contributed by atoms with Crippen LogP contribution in [0.1, 0.15) is 43.0 Å². The Hall–Kier alpha value is -3.01. The number of aromatic nitrogens is 2. The Kier molecular flexibility index (Phi) is 10.1. The Morgan fingerprint density at radius 2 is 2.00 bits per heavy atom. The molecule has 1 heterocycles. The third-order valence-corrected chi connectivity index (χ3v) is 5.14. The van der Waals surface area contributed by atoms with Crippen molar-refractivity contribution >= 4 is 35.8 Å². The molecule has 0 bridgehead atoms. The van der Waals surface area contributed by atoms with E-state index in [0.29, 0.717) is 23.7 Å². The van der Waals surface area contributed by atoms with E-state index in [9.17, 15) is 4.79 Å². The highest BCUT2D eigenvalue weighted by molar-refractivity contribution is 6.30. The van der Waals surface area contributed by atoms with Gasteiger partial charge in [0.1, 0.15) is 6.61 Å². The standard InChI is InChI=1S/C24H25ClN4O2.ClH/c1-2-3-4-12-29(22-7-5-6-21(25)13-22)24(30)31-17-23-15-27-18-28(23)16-20-10-8-19(14-26)9-11-20;/h5-11,13,15,18H,2-4,12,16-17H2,1H3;1H. The molecule has 0 saturated carbocycles. The number of benzene rings is 2. The third kappa shape index (κ3) is 7.01. The van der Waals surface area contributed by atoms with Gasteiger partial charge in [0.2, 0.25) is 0 Å². The second kappa shape index (κ2) is 12.7. The molecule has 0 aliphatic heterocycles. The van der Waals surface area contributed by atoms with Crippen LogP contribution in [0.15, 0.2) is 61.1 Å². The fourth-order valence-electron chi connectivity index (χ4n) is 3.20. The van der Waals surface area contributed by atoms with Crippen molar-refractivity contribution in [1.29, 1.82) is 5.26 Å². The fourth-order valence-corrected chi connectivity index (χ4v) is 3.38. The van der Waals surface area contributed by atoms with E-state index in [1.807, 2.05) is 28.8 Å². The maximum Gasteiger partial charge on any atom is 0.414 e. The van der Waals surface area contributed by atoms with Gasteiger partial charge in [-0.2, -0.15) is 5.26 Å². The summed E-state index contributed by atoms with van der Waals surface area (Å²) < 4.78 is 7.55. The zero-order chi connectivity index (χ0) is 22.1. The first kappa shape index (κ1) is 25.3. The molecule has 0 fully saturated rings. The Bertz CT molecular complexity index is 1040. The quantitative estimate of drug-likeness (QED) is 0.347. The minimum atomic E-state index is -0.413. The highest BCUT2D eigenvalue weighted by atomic mass is 35.5. The van der Waals surface area contributed by atoms with Crippen LogP contribution in [0.25, 0.3) is 0 Å². The Morgan fingerprint density at radius 1 is 1.22 bits per heavy atom. The molecule has 0 aliphatic carbocycles. The number of unbranched alkanes of at least 4 members (excludes halogenated alkanes) is 2. The lowest BCUT2D eigenvalue weighted by atomic mass is 10.1.